The van der Waals surface area contributed by atoms with E-state index in [1.165, 1.54) is 0 Å². The smallest absolute Gasteiger partial charge is 0.243 e. The summed E-state index contributed by atoms with van der Waals surface area (Å²) >= 11 is 6.07. The molecule has 0 fully saturated rings. The summed E-state index contributed by atoms with van der Waals surface area (Å²) in [7, 11) is 0. The molecule has 0 radical (unpaired) electrons. The SMILES string of the molecule is CCNC(=O)[C@H](Cc1ccccc1)N(Cc1ccc(Cl)cc1)C(=O)Cc1cc(C)ccc1C. The Morgan fingerprint density at radius 3 is 2.30 bits per heavy atom. The Hall–Kier alpha value is -3.11. The summed E-state index contributed by atoms with van der Waals surface area (Å²) in [5.41, 5.74) is 5.09. The van der Waals surface area contributed by atoms with Crippen LogP contribution in [0.4, 0.5) is 0 Å². The van der Waals surface area contributed by atoms with Gasteiger partial charge in [-0.25, -0.2) is 0 Å². The van der Waals surface area contributed by atoms with E-state index in [0.29, 0.717) is 24.5 Å². The minimum absolute atomic E-state index is 0.0779. The Morgan fingerprint density at radius 2 is 1.64 bits per heavy atom. The van der Waals surface area contributed by atoms with Crippen molar-refractivity contribution in [2.24, 2.45) is 0 Å². The summed E-state index contributed by atoms with van der Waals surface area (Å²) in [5, 5.41) is 3.56. The highest BCUT2D eigenvalue weighted by Crippen LogP contribution is 2.19. The molecule has 4 nitrogen and oxygen atoms in total. The van der Waals surface area contributed by atoms with Gasteiger partial charge in [0.1, 0.15) is 6.04 Å². The fraction of sp³-hybridized carbons (Fsp3) is 0.286. The Balaban J connectivity index is 1.97. The lowest BCUT2D eigenvalue weighted by atomic mass is 9.99. The highest BCUT2D eigenvalue weighted by molar-refractivity contribution is 6.30. The molecule has 0 spiro atoms. The fourth-order valence-corrected chi connectivity index (χ4v) is 4.01. The molecular weight excluding hydrogens is 432 g/mol. The Kier molecular flexibility index (Phi) is 8.67. The van der Waals surface area contributed by atoms with E-state index in [1.54, 1.807) is 4.90 Å². The first-order valence-corrected chi connectivity index (χ1v) is 11.7. The van der Waals surface area contributed by atoms with Gasteiger partial charge in [-0.2, -0.15) is 0 Å². The molecule has 1 atom stereocenters. The number of hydrogen-bond acceptors (Lipinski definition) is 2. The van der Waals surface area contributed by atoms with Crippen molar-refractivity contribution in [3.63, 3.8) is 0 Å². The van der Waals surface area contributed by atoms with E-state index < -0.39 is 6.04 Å². The molecule has 3 rings (SSSR count). The van der Waals surface area contributed by atoms with Gasteiger partial charge in [0.15, 0.2) is 0 Å². The van der Waals surface area contributed by atoms with Crippen LogP contribution in [0.15, 0.2) is 72.8 Å². The number of rotatable bonds is 9. The van der Waals surface area contributed by atoms with Crippen molar-refractivity contribution in [3.8, 4) is 0 Å². The third-order valence-corrected chi connectivity index (χ3v) is 5.99. The second-order valence-electron chi connectivity index (χ2n) is 8.35. The first-order chi connectivity index (χ1) is 15.9. The molecule has 5 heteroatoms. The van der Waals surface area contributed by atoms with Gasteiger partial charge in [-0.3, -0.25) is 9.59 Å². The summed E-state index contributed by atoms with van der Waals surface area (Å²) in [6, 6.07) is 22.7. The van der Waals surface area contributed by atoms with E-state index >= 15 is 0 Å². The van der Waals surface area contributed by atoms with Crippen molar-refractivity contribution in [1.82, 2.24) is 10.2 Å². The highest BCUT2D eigenvalue weighted by Gasteiger charge is 2.30. The Labute approximate surface area is 201 Å². The monoisotopic (exact) mass is 462 g/mol. The maximum atomic E-state index is 13.7. The minimum atomic E-state index is -0.624. The normalized spacial score (nSPS) is 11.6. The number of halogens is 1. The molecule has 0 aliphatic rings. The van der Waals surface area contributed by atoms with E-state index in [0.717, 1.165) is 27.8 Å². The second-order valence-corrected chi connectivity index (χ2v) is 8.79. The number of likely N-dealkylation sites (N-methyl/N-ethyl adjacent to an activating group) is 1. The third-order valence-electron chi connectivity index (χ3n) is 5.73. The van der Waals surface area contributed by atoms with Crippen LogP contribution >= 0.6 is 11.6 Å². The molecule has 33 heavy (non-hydrogen) atoms. The van der Waals surface area contributed by atoms with Crippen LogP contribution in [-0.2, 0) is 29.0 Å². The minimum Gasteiger partial charge on any atom is -0.355 e. The first-order valence-electron chi connectivity index (χ1n) is 11.3. The number of amides is 2. The standard InChI is InChI=1S/C28H31ClN2O2/c1-4-30-28(33)26(17-22-8-6-5-7-9-22)31(19-23-12-14-25(29)15-13-23)27(32)18-24-16-20(2)10-11-21(24)3/h5-16,26H,4,17-19H2,1-3H3,(H,30,33)/t26-/m0/s1. The molecule has 172 valence electrons. The van der Waals surface area contributed by atoms with Gasteiger partial charge in [0, 0.05) is 24.5 Å². The summed E-state index contributed by atoms with van der Waals surface area (Å²) in [4.78, 5) is 28.6. The van der Waals surface area contributed by atoms with E-state index in [9.17, 15) is 9.59 Å². The van der Waals surface area contributed by atoms with Crippen LogP contribution in [0, 0.1) is 13.8 Å². The number of nitrogens with one attached hydrogen (secondary N) is 1. The lowest BCUT2D eigenvalue weighted by molar-refractivity contribution is -0.140. The molecule has 0 heterocycles. The number of aryl methyl sites for hydroxylation is 2. The van der Waals surface area contributed by atoms with Crippen molar-refractivity contribution in [2.45, 2.75) is 46.2 Å². The van der Waals surface area contributed by atoms with Crippen LogP contribution in [0.2, 0.25) is 5.02 Å². The molecule has 0 saturated carbocycles. The molecule has 1 N–H and O–H groups in total. The van der Waals surface area contributed by atoms with Crippen LogP contribution in [0.1, 0.15) is 34.7 Å². The van der Waals surface area contributed by atoms with E-state index in [1.807, 2.05) is 93.6 Å². The zero-order valence-corrected chi connectivity index (χ0v) is 20.2. The lowest BCUT2D eigenvalue weighted by Crippen LogP contribution is -2.51. The van der Waals surface area contributed by atoms with Crippen LogP contribution < -0.4 is 5.32 Å². The molecule has 0 bridgehead atoms. The number of benzene rings is 3. The molecule has 2 amide bonds. The van der Waals surface area contributed by atoms with Gasteiger partial charge in [0.25, 0.3) is 0 Å². The quantitative estimate of drug-likeness (QED) is 0.470. The maximum absolute atomic E-state index is 13.7. The van der Waals surface area contributed by atoms with Crippen molar-refractivity contribution in [3.05, 3.63) is 106 Å². The van der Waals surface area contributed by atoms with Crippen molar-refractivity contribution < 1.29 is 9.59 Å². The second kappa shape index (κ2) is 11.7. The molecule has 3 aromatic rings. The van der Waals surface area contributed by atoms with Crippen LogP contribution in [-0.4, -0.2) is 29.3 Å². The van der Waals surface area contributed by atoms with E-state index in [4.69, 9.17) is 11.6 Å². The van der Waals surface area contributed by atoms with Crippen molar-refractivity contribution >= 4 is 23.4 Å². The zero-order valence-electron chi connectivity index (χ0n) is 19.5. The molecular formula is C28H31ClN2O2. The van der Waals surface area contributed by atoms with Gasteiger partial charge in [-0.15, -0.1) is 0 Å². The average Bonchev–Trinajstić information content (AvgIpc) is 2.80. The van der Waals surface area contributed by atoms with Crippen LogP contribution in [0.25, 0.3) is 0 Å². The number of nitrogens with zero attached hydrogens (tertiary/aromatic N) is 1. The fourth-order valence-electron chi connectivity index (χ4n) is 3.89. The average molecular weight is 463 g/mol. The van der Waals surface area contributed by atoms with Crippen molar-refractivity contribution in [1.29, 1.82) is 0 Å². The zero-order chi connectivity index (χ0) is 23.8. The topological polar surface area (TPSA) is 49.4 Å². The predicted octanol–water partition coefficient (Wildman–Crippen LogP) is 5.28. The van der Waals surface area contributed by atoms with Gasteiger partial charge >= 0.3 is 0 Å². The number of hydrogen-bond donors (Lipinski definition) is 1. The molecule has 0 aliphatic heterocycles. The molecule has 0 saturated heterocycles. The van der Waals surface area contributed by atoms with Gasteiger partial charge < -0.3 is 10.2 Å². The maximum Gasteiger partial charge on any atom is 0.243 e. The molecule has 3 aromatic carbocycles. The predicted molar refractivity (Wildman–Crippen MR) is 134 cm³/mol. The summed E-state index contributed by atoms with van der Waals surface area (Å²) in [6.07, 6.45) is 0.685. The molecule has 0 aromatic heterocycles. The Bertz CT molecular complexity index is 1080. The van der Waals surface area contributed by atoms with E-state index in [2.05, 4.69) is 5.32 Å². The number of carbonyl (C=O) groups excluding carboxylic acids is 2. The van der Waals surface area contributed by atoms with Gasteiger partial charge in [0.2, 0.25) is 11.8 Å². The van der Waals surface area contributed by atoms with Crippen molar-refractivity contribution in [2.75, 3.05) is 6.54 Å². The largest absolute Gasteiger partial charge is 0.355 e. The van der Waals surface area contributed by atoms with Gasteiger partial charge in [-0.1, -0.05) is 77.8 Å². The third kappa shape index (κ3) is 6.93. The highest BCUT2D eigenvalue weighted by atomic mass is 35.5. The summed E-state index contributed by atoms with van der Waals surface area (Å²) in [5.74, 6) is -0.226. The van der Waals surface area contributed by atoms with Crippen LogP contribution in [0.5, 0.6) is 0 Å². The molecule has 0 aliphatic carbocycles. The summed E-state index contributed by atoms with van der Waals surface area (Å²) < 4.78 is 0. The first kappa shape index (κ1) is 24.5. The van der Waals surface area contributed by atoms with Gasteiger partial charge in [0.05, 0.1) is 6.42 Å². The molecule has 0 unspecified atom stereocenters. The van der Waals surface area contributed by atoms with Gasteiger partial charge in [-0.05, 0) is 55.2 Å². The van der Waals surface area contributed by atoms with E-state index in [-0.39, 0.29) is 18.2 Å². The van der Waals surface area contributed by atoms with Crippen LogP contribution in [0.3, 0.4) is 0 Å². The summed E-state index contributed by atoms with van der Waals surface area (Å²) in [6.45, 7) is 6.75. The lowest BCUT2D eigenvalue weighted by Gasteiger charge is -2.32. The Morgan fingerprint density at radius 1 is 0.939 bits per heavy atom. The number of carbonyl (C=O) groups is 2.